The first-order valence-electron chi connectivity index (χ1n) is 11.9. The van der Waals surface area contributed by atoms with Gasteiger partial charge in [-0.15, -0.1) is 11.3 Å². The number of carbonyl (C=O) groups excluding carboxylic acids is 1. The summed E-state index contributed by atoms with van der Waals surface area (Å²) < 4.78 is 45.2. The Morgan fingerprint density at radius 2 is 1.85 bits per heavy atom. The number of anilines is 1. The summed E-state index contributed by atoms with van der Waals surface area (Å²) >= 11 is 1.13. The van der Waals surface area contributed by atoms with Gasteiger partial charge in [-0.3, -0.25) is 10.1 Å². The number of nitrogens with zero attached hydrogens (tertiary/aromatic N) is 1. The molecule has 2 aromatic carbocycles. The number of amides is 1. The number of carbonyl (C=O) groups is 2. The fourth-order valence-corrected chi connectivity index (χ4v) is 4.22. The Bertz CT molecular complexity index is 1360. The standard InChI is InChI=1S/C28H30F2N2O6S/c1-28(2,3)9-10-38-14-16-7-6-8-18(24(16)37-5)22-15-39-27(31-22)32-25(33)17-11-20(29)19(21(30)12-17)13-23(36-4)26(34)35/h6-8,11-13,15H,9-10,14H2,1-5H3,(H,34,35)(H,31,32,33). The molecule has 0 aliphatic rings. The number of thiazole rings is 1. The molecule has 208 valence electrons. The van der Waals surface area contributed by atoms with Gasteiger partial charge in [-0.05, 0) is 30.0 Å². The minimum Gasteiger partial charge on any atom is -0.496 e. The van der Waals surface area contributed by atoms with Crippen molar-refractivity contribution < 1.29 is 37.7 Å². The van der Waals surface area contributed by atoms with E-state index in [1.54, 1.807) is 12.5 Å². The number of nitrogens with one attached hydrogen (secondary N) is 1. The summed E-state index contributed by atoms with van der Waals surface area (Å²) in [6.45, 7) is 7.41. The van der Waals surface area contributed by atoms with Crippen molar-refractivity contribution in [1.29, 1.82) is 0 Å². The second kappa shape index (κ2) is 12.8. The van der Waals surface area contributed by atoms with Gasteiger partial charge >= 0.3 is 5.97 Å². The molecule has 0 spiro atoms. The van der Waals surface area contributed by atoms with E-state index < -0.39 is 34.8 Å². The number of hydrogen-bond acceptors (Lipinski definition) is 7. The van der Waals surface area contributed by atoms with E-state index in [1.807, 2.05) is 18.2 Å². The number of halogens is 2. The minimum atomic E-state index is -1.49. The third kappa shape index (κ3) is 7.84. The van der Waals surface area contributed by atoms with Crippen molar-refractivity contribution in [3.8, 4) is 17.0 Å². The molecule has 3 aromatic rings. The second-order valence-corrected chi connectivity index (χ2v) is 10.6. The highest BCUT2D eigenvalue weighted by Gasteiger charge is 2.19. The molecule has 11 heteroatoms. The van der Waals surface area contributed by atoms with E-state index in [0.29, 0.717) is 36.3 Å². The van der Waals surface area contributed by atoms with Crippen LogP contribution >= 0.6 is 11.3 Å². The summed E-state index contributed by atoms with van der Waals surface area (Å²) in [6, 6.07) is 7.21. The Labute approximate surface area is 229 Å². The van der Waals surface area contributed by atoms with Crippen LogP contribution in [0.5, 0.6) is 5.75 Å². The molecule has 1 amide bonds. The van der Waals surface area contributed by atoms with Crippen molar-refractivity contribution in [2.24, 2.45) is 5.41 Å². The molecule has 2 N–H and O–H groups in total. The normalized spacial score (nSPS) is 11.8. The molecular weight excluding hydrogens is 530 g/mol. The highest BCUT2D eigenvalue weighted by molar-refractivity contribution is 7.14. The average Bonchev–Trinajstić information content (AvgIpc) is 3.33. The molecule has 1 heterocycles. The number of ether oxygens (including phenoxy) is 3. The van der Waals surface area contributed by atoms with Crippen LogP contribution in [0.4, 0.5) is 13.9 Å². The first kappa shape index (κ1) is 29.7. The molecule has 39 heavy (non-hydrogen) atoms. The van der Waals surface area contributed by atoms with E-state index in [1.165, 1.54) is 0 Å². The molecule has 0 saturated heterocycles. The third-order valence-electron chi connectivity index (χ3n) is 5.60. The van der Waals surface area contributed by atoms with Gasteiger partial charge < -0.3 is 19.3 Å². The number of rotatable bonds is 11. The van der Waals surface area contributed by atoms with Crippen molar-refractivity contribution >= 4 is 34.4 Å². The number of carboxylic acids is 1. The van der Waals surface area contributed by atoms with Crippen molar-refractivity contribution in [1.82, 2.24) is 4.98 Å². The lowest BCUT2D eigenvalue weighted by atomic mass is 9.93. The van der Waals surface area contributed by atoms with Crippen molar-refractivity contribution in [2.45, 2.75) is 33.8 Å². The largest absolute Gasteiger partial charge is 0.496 e. The maximum absolute atomic E-state index is 14.5. The summed E-state index contributed by atoms with van der Waals surface area (Å²) in [6.07, 6.45) is 1.62. The summed E-state index contributed by atoms with van der Waals surface area (Å²) in [7, 11) is 2.62. The zero-order chi connectivity index (χ0) is 28.7. The lowest BCUT2D eigenvalue weighted by molar-refractivity contribution is -0.135. The number of hydrogen-bond donors (Lipinski definition) is 2. The van der Waals surface area contributed by atoms with Gasteiger partial charge in [0.15, 0.2) is 5.13 Å². The Kier molecular flexibility index (Phi) is 9.76. The first-order chi connectivity index (χ1) is 18.4. The number of para-hydroxylation sites is 1. The molecule has 0 bridgehead atoms. The monoisotopic (exact) mass is 560 g/mol. The van der Waals surface area contributed by atoms with Crippen molar-refractivity contribution in [3.63, 3.8) is 0 Å². The molecule has 0 atom stereocenters. The molecule has 0 saturated carbocycles. The first-order valence-corrected chi connectivity index (χ1v) is 12.8. The zero-order valence-corrected chi connectivity index (χ0v) is 23.1. The molecule has 3 rings (SSSR count). The van der Waals surface area contributed by atoms with E-state index in [2.05, 4.69) is 35.8 Å². The van der Waals surface area contributed by atoms with Gasteiger partial charge in [0.2, 0.25) is 5.76 Å². The number of aliphatic carboxylic acids is 1. The highest BCUT2D eigenvalue weighted by atomic mass is 32.1. The summed E-state index contributed by atoms with van der Waals surface area (Å²) in [5, 5.41) is 13.5. The molecule has 0 unspecified atom stereocenters. The van der Waals surface area contributed by atoms with Crippen molar-refractivity contribution in [2.75, 3.05) is 26.1 Å². The molecule has 0 aliphatic carbocycles. The van der Waals surface area contributed by atoms with Crippen LogP contribution in [0.25, 0.3) is 17.3 Å². The van der Waals surface area contributed by atoms with Gasteiger partial charge in [-0.2, -0.15) is 0 Å². The maximum atomic E-state index is 14.5. The van der Waals surface area contributed by atoms with E-state index in [0.717, 1.165) is 42.6 Å². The van der Waals surface area contributed by atoms with E-state index in [-0.39, 0.29) is 16.1 Å². The smallest absolute Gasteiger partial charge is 0.371 e. The van der Waals surface area contributed by atoms with Gasteiger partial charge in [0, 0.05) is 40.3 Å². The van der Waals surface area contributed by atoms with Gasteiger partial charge in [0.05, 0.1) is 26.5 Å². The minimum absolute atomic E-state index is 0.165. The SMILES string of the molecule is COC(=Cc1c(F)cc(C(=O)Nc2nc(-c3cccc(COCCC(C)(C)C)c3OC)cs2)cc1F)C(=O)O. The molecule has 0 fully saturated rings. The summed E-state index contributed by atoms with van der Waals surface area (Å²) in [5.41, 5.74) is 1.31. The fourth-order valence-electron chi connectivity index (χ4n) is 3.52. The van der Waals surface area contributed by atoms with Gasteiger partial charge in [0.1, 0.15) is 17.4 Å². The molecule has 0 radical (unpaired) electrons. The third-order valence-corrected chi connectivity index (χ3v) is 6.36. The highest BCUT2D eigenvalue weighted by Crippen LogP contribution is 2.35. The van der Waals surface area contributed by atoms with Gasteiger partial charge in [-0.25, -0.2) is 18.6 Å². The number of benzene rings is 2. The number of aromatic nitrogens is 1. The number of carboxylic acid groups (broad SMARTS) is 1. The lowest BCUT2D eigenvalue weighted by Crippen LogP contribution is -2.13. The van der Waals surface area contributed by atoms with Gasteiger partial charge in [-0.1, -0.05) is 32.9 Å². The summed E-state index contributed by atoms with van der Waals surface area (Å²) in [5.74, 6) is -4.59. The van der Waals surface area contributed by atoms with Crippen LogP contribution in [0.2, 0.25) is 0 Å². The molecule has 1 aromatic heterocycles. The van der Waals surface area contributed by atoms with Crippen LogP contribution in [0.3, 0.4) is 0 Å². The van der Waals surface area contributed by atoms with E-state index in [4.69, 9.17) is 14.6 Å². The maximum Gasteiger partial charge on any atom is 0.371 e. The Morgan fingerprint density at radius 3 is 2.44 bits per heavy atom. The quantitative estimate of drug-likeness (QED) is 0.159. The number of methoxy groups -OCH3 is 2. The van der Waals surface area contributed by atoms with Crippen LogP contribution in [-0.4, -0.2) is 42.8 Å². The van der Waals surface area contributed by atoms with E-state index >= 15 is 0 Å². The van der Waals surface area contributed by atoms with Crippen molar-refractivity contribution in [3.05, 3.63) is 69.8 Å². The van der Waals surface area contributed by atoms with Crippen LogP contribution in [0.1, 0.15) is 48.7 Å². The zero-order valence-electron chi connectivity index (χ0n) is 22.3. The predicted molar refractivity (Wildman–Crippen MR) is 145 cm³/mol. The van der Waals surface area contributed by atoms with Crippen LogP contribution in [-0.2, 0) is 20.9 Å². The Hall–Kier alpha value is -3.83. The van der Waals surface area contributed by atoms with Gasteiger partial charge in [0.25, 0.3) is 5.91 Å². The predicted octanol–water partition coefficient (Wildman–Crippen LogP) is 6.37. The molecule has 0 aliphatic heterocycles. The lowest BCUT2D eigenvalue weighted by Gasteiger charge is -2.18. The Balaban J connectivity index is 1.77. The summed E-state index contributed by atoms with van der Waals surface area (Å²) in [4.78, 5) is 28.2. The van der Waals surface area contributed by atoms with Crippen LogP contribution in [0.15, 0.2) is 41.5 Å². The second-order valence-electron chi connectivity index (χ2n) is 9.72. The van der Waals surface area contributed by atoms with E-state index in [9.17, 15) is 18.4 Å². The Morgan fingerprint density at radius 1 is 1.15 bits per heavy atom. The molecule has 8 nitrogen and oxygen atoms in total. The van der Waals surface area contributed by atoms with Crippen LogP contribution < -0.4 is 10.1 Å². The topological polar surface area (TPSA) is 107 Å². The average molecular weight is 561 g/mol. The fraction of sp³-hybridized carbons (Fsp3) is 0.321. The van der Waals surface area contributed by atoms with Crippen LogP contribution in [0, 0.1) is 17.0 Å². The molecular formula is C28H30F2N2O6S.